The van der Waals surface area contributed by atoms with Gasteiger partial charge in [0.2, 0.25) is 5.90 Å². The number of methoxy groups -OCH3 is 1. The Labute approximate surface area is 141 Å². The summed E-state index contributed by atoms with van der Waals surface area (Å²) in [5.74, 6) is -0.517. The Morgan fingerprint density at radius 2 is 1.92 bits per heavy atom. The monoisotopic (exact) mass is 333 g/mol. The highest BCUT2D eigenvalue weighted by molar-refractivity contribution is 5.99. The van der Waals surface area contributed by atoms with E-state index in [1.165, 1.54) is 7.11 Å². The molecular formula is C18H23NO5. The van der Waals surface area contributed by atoms with Crippen LogP contribution in [0.5, 0.6) is 0 Å². The Kier molecular flexibility index (Phi) is 5.26. The van der Waals surface area contributed by atoms with Crippen molar-refractivity contribution in [2.24, 2.45) is 4.99 Å². The van der Waals surface area contributed by atoms with Crippen LogP contribution < -0.4 is 0 Å². The molecule has 6 nitrogen and oxygen atoms in total. The van der Waals surface area contributed by atoms with Crippen molar-refractivity contribution in [1.29, 1.82) is 0 Å². The lowest BCUT2D eigenvalue weighted by atomic mass is 9.95. The zero-order valence-electron chi connectivity index (χ0n) is 14.5. The Bertz CT molecular complexity index is 633. The summed E-state index contributed by atoms with van der Waals surface area (Å²) in [6, 6.07) is 9.30. The molecule has 0 aromatic heterocycles. The maximum absolute atomic E-state index is 12.2. The van der Waals surface area contributed by atoms with Crippen molar-refractivity contribution in [2.45, 2.75) is 44.8 Å². The normalized spacial score (nSPS) is 20.1. The third kappa shape index (κ3) is 4.34. The van der Waals surface area contributed by atoms with Gasteiger partial charge in [0.15, 0.2) is 5.54 Å². The summed E-state index contributed by atoms with van der Waals surface area (Å²) >= 11 is 0. The van der Waals surface area contributed by atoms with Crippen LogP contribution in [0.2, 0.25) is 0 Å². The van der Waals surface area contributed by atoms with E-state index in [4.69, 9.17) is 14.2 Å². The van der Waals surface area contributed by atoms with E-state index in [9.17, 15) is 9.59 Å². The first-order chi connectivity index (χ1) is 11.3. The maximum atomic E-state index is 12.2. The fourth-order valence-electron chi connectivity index (χ4n) is 2.40. The molecule has 2 rings (SSSR count). The van der Waals surface area contributed by atoms with Crippen LogP contribution in [0.4, 0.5) is 0 Å². The Hall–Kier alpha value is -2.37. The fourth-order valence-corrected chi connectivity index (χ4v) is 2.40. The van der Waals surface area contributed by atoms with Gasteiger partial charge >= 0.3 is 11.9 Å². The molecular weight excluding hydrogens is 310 g/mol. The van der Waals surface area contributed by atoms with Gasteiger partial charge in [-0.25, -0.2) is 9.79 Å². The molecule has 0 fully saturated rings. The predicted molar refractivity (Wildman–Crippen MR) is 88.8 cm³/mol. The lowest BCUT2D eigenvalue weighted by molar-refractivity contribution is -0.156. The van der Waals surface area contributed by atoms with Gasteiger partial charge in [0.25, 0.3) is 0 Å². The molecule has 0 spiro atoms. The molecule has 1 aromatic carbocycles. The van der Waals surface area contributed by atoms with Crippen LogP contribution in [-0.4, -0.2) is 42.7 Å². The summed E-state index contributed by atoms with van der Waals surface area (Å²) in [4.78, 5) is 28.6. The van der Waals surface area contributed by atoms with E-state index in [0.717, 1.165) is 5.56 Å². The van der Waals surface area contributed by atoms with Gasteiger partial charge in [-0.05, 0) is 39.3 Å². The number of hydrogen-bond acceptors (Lipinski definition) is 6. The largest absolute Gasteiger partial charge is 0.474 e. The number of benzene rings is 1. The van der Waals surface area contributed by atoms with Crippen LogP contribution in [-0.2, 0) is 23.8 Å². The third-order valence-electron chi connectivity index (χ3n) is 3.51. The number of nitrogens with zero attached hydrogens (tertiary/aromatic N) is 1. The van der Waals surface area contributed by atoms with Crippen molar-refractivity contribution in [2.75, 3.05) is 13.7 Å². The van der Waals surface area contributed by atoms with Crippen LogP contribution in [0, 0.1) is 0 Å². The Morgan fingerprint density at radius 3 is 2.50 bits per heavy atom. The van der Waals surface area contributed by atoms with Gasteiger partial charge < -0.3 is 14.2 Å². The molecule has 0 saturated heterocycles. The molecule has 0 bridgehead atoms. The summed E-state index contributed by atoms with van der Waals surface area (Å²) < 4.78 is 15.8. The SMILES string of the molecule is COC(=O)[C@]1(CCC(=O)OC(C)(C)C)COC(c2ccccc2)=N1. The van der Waals surface area contributed by atoms with E-state index in [-0.39, 0.29) is 25.4 Å². The van der Waals surface area contributed by atoms with Crippen LogP contribution in [0.25, 0.3) is 0 Å². The minimum atomic E-state index is -1.21. The minimum Gasteiger partial charge on any atom is -0.474 e. The van der Waals surface area contributed by atoms with Crippen molar-refractivity contribution >= 4 is 17.8 Å². The molecule has 1 atom stereocenters. The fraction of sp³-hybridized carbons (Fsp3) is 0.500. The number of ether oxygens (including phenoxy) is 3. The van der Waals surface area contributed by atoms with Crippen LogP contribution in [0.1, 0.15) is 39.2 Å². The number of hydrogen-bond donors (Lipinski definition) is 0. The second kappa shape index (κ2) is 7.03. The average molecular weight is 333 g/mol. The molecule has 1 heterocycles. The summed E-state index contributed by atoms with van der Waals surface area (Å²) in [6.45, 7) is 5.44. The smallest absolute Gasteiger partial charge is 0.337 e. The molecule has 0 aliphatic carbocycles. The Balaban J connectivity index is 2.16. The van der Waals surface area contributed by atoms with Crippen LogP contribution >= 0.6 is 0 Å². The first kappa shape index (κ1) is 18.0. The first-order valence-electron chi connectivity index (χ1n) is 7.84. The highest BCUT2D eigenvalue weighted by atomic mass is 16.6. The maximum Gasteiger partial charge on any atom is 0.337 e. The molecule has 24 heavy (non-hydrogen) atoms. The topological polar surface area (TPSA) is 74.2 Å². The van der Waals surface area contributed by atoms with Gasteiger partial charge in [0.1, 0.15) is 12.2 Å². The molecule has 0 N–H and O–H groups in total. The quantitative estimate of drug-likeness (QED) is 0.774. The Morgan fingerprint density at radius 1 is 1.25 bits per heavy atom. The zero-order valence-corrected chi connectivity index (χ0v) is 14.5. The summed E-state index contributed by atoms with van der Waals surface area (Å²) in [5.41, 5.74) is -1.00. The van der Waals surface area contributed by atoms with E-state index >= 15 is 0 Å². The number of carbonyl (C=O) groups excluding carboxylic acids is 2. The van der Waals surface area contributed by atoms with Crippen LogP contribution in [0.3, 0.4) is 0 Å². The van der Waals surface area contributed by atoms with Gasteiger partial charge in [0.05, 0.1) is 7.11 Å². The number of esters is 2. The van der Waals surface area contributed by atoms with Crippen molar-refractivity contribution < 1.29 is 23.8 Å². The summed E-state index contributed by atoms with van der Waals surface area (Å²) in [5, 5.41) is 0. The van der Waals surface area contributed by atoms with Gasteiger partial charge in [-0.1, -0.05) is 18.2 Å². The second-order valence-electron chi connectivity index (χ2n) is 6.68. The summed E-state index contributed by atoms with van der Waals surface area (Å²) in [7, 11) is 1.30. The first-order valence-corrected chi connectivity index (χ1v) is 7.84. The zero-order chi connectivity index (χ0) is 17.8. The van der Waals surface area contributed by atoms with Crippen molar-refractivity contribution in [3.05, 3.63) is 35.9 Å². The molecule has 0 saturated carbocycles. The van der Waals surface area contributed by atoms with Gasteiger partial charge in [-0.3, -0.25) is 4.79 Å². The molecule has 1 aromatic rings. The van der Waals surface area contributed by atoms with Gasteiger partial charge in [-0.2, -0.15) is 0 Å². The second-order valence-corrected chi connectivity index (χ2v) is 6.68. The molecule has 6 heteroatoms. The van der Waals surface area contributed by atoms with Crippen LogP contribution in [0.15, 0.2) is 35.3 Å². The molecule has 0 unspecified atom stereocenters. The molecule has 130 valence electrons. The number of carbonyl (C=O) groups is 2. The highest BCUT2D eigenvalue weighted by Crippen LogP contribution is 2.29. The van der Waals surface area contributed by atoms with Gasteiger partial charge in [0, 0.05) is 12.0 Å². The average Bonchev–Trinajstić information content (AvgIpc) is 2.97. The van der Waals surface area contributed by atoms with E-state index in [0.29, 0.717) is 5.90 Å². The molecule has 0 radical (unpaired) electrons. The van der Waals surface area contributed by atoms with Crippen molar-refractivity contribution in [3.8, 4) is 0 Å². The number of aliphatic imine (C=N–C) groups is 1. The van der Waals surface area contributed by atoms with E-state index < -0.39 is 17.1 Å². The summed E-state index contributed by atoms with van der Waals surface area (Å²) in [6.07, 6.45) is 0.228. The molecule has 0 amide bonds. The van der Waals surface area contributed by atoms with Gasteiger partial charge in [-0.15, -0.1) is 0 Å². The predicted octanol–water partition coefficient (Wildman–Crippen LogP) is 2.50. The standard InChI is InChI=1S/C18H23NO5/c1-17(2,3)24-14(20)10-11-18(16(21)22-4)12-23-15(19-18)13-8-6-5-7-9-13/h5-9H,10-12H2,1-4H3/t18-/m0/s1. The molecule has 1 aliphatic heterocycles. The molecule has 1 aliphatic rings. The van der Waals surface area contributed by atoms with Crippen molar-refractivity contribution in [3.63, 3.8) is 0 Å². The minimum absolute atomic E-state index is 0.0483. The lowest BCUT2D eigenvalue weighted by Gasteiger charge is -2.23. The van der Waals surface area contributed by atoms with E-state index in [2.05, 4.69) is 4.99 Å². The third-order valence-corrected chi connectivity index (χ3v) is 3.51. The highest BCUT2D eigenvalue weighted by Gasteiger charge is 2.45. The van der Waals surface area contributed by atoms with E-state index in [1.807, 2.05) is 30.3 Å². The lowest BCUT2D eigenvalue weighted by Crippen LogP contribution is -2.40. The van der Waals surface area contributed by atoms with Crippen molar-refractivity contribution in [1.82, 2.24) is 0 Å². The number of rotatable bonds is 5. The van der Waals surface area contributed by atoms with E-state index in [1.54, 1.807) is 20.8 Å².